The Kier molecular flexibility index (Phi) is 6.28. The summed E-state index contributed by atoms with van der Waals surface area (Å²) in [6, 6.07) is 16.5. The minimum absolute atomic E-state index is 0.121. The summed E-state index contributed by atoms with van der Waals surface area (Å²) in [5.74, 6) is -0.714. The average Bonchev–Trinajstić information content (AvgIpc) is 2.74. The lowest BCUT2D eigenvalue weighted by Crippen LogP contribution is -2.50. The molecule has 1 fully saturated rings. The van der Waals surface area contributed by atoms with Gasteiger partial charge in [-0.1, -0.05) is 46.9 Å². The van der Waals surface area contributed by atoms with E-state index in [1.165, 1.54) is 12.1 Å². The van der Waals surface area contributed by atoms with E-state index in [2.05, 4.69) is 4.90 Å². The van der Waals surface area contributed by atoms with E-state index in [0.29, 0.717) is 34.7 Å². The maximum Gasteiger partial charge on any atom is 0.256 e. The molecule has 1 atom stereocenters. The number of benzene rings is 3. The van der Waals surface area contributed by atoms with Gasteiger partial charge in [-0.25, -0.2) is 4.39 Å². The third-order valence-electron chi connectivity index (χ3n) is 5.39. The Labute approximate surface area is 194 Å². The molecule has 0 aromatic heterocycles. The smallest absolute Gasteiger partial charge is 0.256 e. The lowest BCUT2D eigenvalue weighted by molar-refractivity contribution is 0.0723. The normalized spacial score (nSPS) is 16.5. The van der Waals surface area contributed by atoms with Gasteiger partial charge >= 0.3 is 0 Å². The van der Waals surface area contributed by atoms with Gasteiger partial charge in [0.2, 0.25) is 0 Å². The van der Waals surface area contributed by atoms with Gasteiger partial charge < -0.3 is 15.5 Å². The maximum atomic E-state index is 13.4. The molecule has 0 spiro atoms. The van der Waals surface area contributed by atoms with Crippen LogP contribution >= 0.6 is 34.8 Å². The number of carbonyl (C=O) groups is 1. The van der Waals surface area contributed by atoms with E-state index >= 15 is 0 Å². The summed E-state index contributed by atoms with van der Waals surface area (Å²) in [7, 11) is 0. The second-order valence-corrected chi connectivity index (χ2v) is 8.62. The molecule has 1 amide bonds. The molecule has 8 heteroatoms. The van der Waals surface area contributed by atoms with Gasteiger partial charge in [0.25, 0.3) is 5.91 Å². The minimum Gasteiger partial charge on any atom is -0.398 e. The summed E-state index contributed by atoms with van der Waals surface area (Å²) in [5, 5.41) is 1.72. The summed E-state index contributed by atoms with van der Waals surface area (Å²) >= 11 is 18.6. The Bertz CT molecular complexity index is 1120. The van der Waals surface area contributed by atoms with Crippen LogP contribution in [-0.4, -0.2) is 30.4 Å². The van der Waals surface area contributed by atoms with E-state index in [1.807, 2.05) is 30.3 Å². The Morgan fingerprint density at radius 2 is 1.65 bits per heavy atom. The monoisotopic (exact) mass is 477 g/mol. The number of nitrogens with two attached hydrogens (primary N) is 1. The number of anilines is 2. The standard InChI is InChI=1S/C23H19Cl3FN3O/c24-15-3-1-14(2-4-15)22-13-29(23(31)18-7-6-17(27)12-20(18)28)9-10-30(22)21-8-5-16(25)11-19(21)26/h1-8,11-12,22H,9-10,13,28H2/t22-/m0/s1. The average molecular weight is 479 g/mol. The molecule has 2 N–H and O–H groups in total. The molecule has 0 radical (unpaired) electrons. The molecule has 1 saturated heterocycles. The number of piperazine rings is 1. The number of nitrogen functional groups attached to an aromatic ring is 1. The Balaban J connectivity index is 1.68. The number of halogens is 4. The second kappa shape index (κ2) is 8.95. The number of amides is 1. The van der Waals surface area contributed by atoms with E-state index in [-0.39, 0.29) is 23.2 Å². The number of carbonyl (C=O) groups excluding carboxylic acids is 1. The van der Waals surface area contributed by atoms with Crippen LogP contribution in [0.1, 0.15) is 22.0 Å². The Morgan fingerprint density at radius 3 is 2.32 bits per heavy atom. The van der Waals surface area contributed by atoms with Crippen LogP contribution in [0.4, 0.5) is 15.8 Å². The van der Waals surface area contributed by atoms with Crippen LogP contribution in [0, 0.1) is 5.82 Å². The molecular formula is C23H19Cl3FN3O. The van der Waals surface area contributed by atoms with E-state index in [1.54, 1.807) is 17.0 Å². The predicted octanol–water partition coefficient (Wildman–Crippen LogP) is 6.07. The second-order valence-electron chi connectivity index (χ2n) is 7.34. The highest BCUT2D eigenvalue weighted by Crippen LogP contribution is 2.37. The van der Waals surface area contributed by atoms with Gasteiger partial charge in [-0.3, -0.25) is 4.79 Å². The van der Waals surface area contributed by atoms with Crippen molar-refractivity contribution in [1.29, 1.82) is 0 Å². The van der Waals surface area contributed by atoms with Gasteiger partial charge in [0.1, 0.15) is 5.82 Å². The molecule has 0 unspecified atom stereocenters. The first-order chi connectivity index (χ1) is 14.8. The van der Waals surface area contributed by atoms with E-state index in [0.717, 1.165) is 17.3 Å². The van der Waals surface area contributed by atoms with Gasteiger partial charge in [-0.2, -0.15) is 0 Å². The highest BCUT2D eigenvalue weighted by Gasteiger charge is 2.32. The molecule has 0 bridgehead atoms. The summed E-state index contributed by atoms with van der Waals surface area (Å²) in [4.78, 5) is 17.0. The van der Waals surface area contributed by atoms with Crippen LogP contribution in [0.5, 0.6) is 0 Å². The number of hydrogen-bond acceptors (Lipinski definition) is 3. The van der Waals surface area contributed by atoms with Crippen molar-refractivity contribution in [2.45, 2.75) is 6.04 Å². The highest BCUT2D eigenvalue weighted by atomic mass is 35.5. The van der Waals surface area contributed by atoms with E-state index in [9.17, 15) is 9.18 Å². The molecular weight excluding hydrogens is 460 g/mol. The highest BCUT2D eigenvalue weighted by molar-refractivity contribution is 6.36. The SMILES string of the molecule is Nc1cc(F)ccc1C(=O)N1CCN(c2ccc(Cl)cc2Cl)[C@H](c2ccc(Cl)cc2)C1. The maximum absolute atomic E-state index is 13.4. The summed E-state index contributed by atoms with van der Waals surface area (Å²) in [6.07, 6.45) is 0. The van der Waals surface area contributed by atoms with E-state index < -0.39 is 5.82 Å². The summed E-state index contributed by atoms with van der Waals surface area (Å²) in [5.41, 5.74) is 8.13. The molecule has 1 heterocycles. The molecule has 31 heavy (non-hydrogen) atoms. The first-order valence-electron chi connectivity index (χ1n) is 9.65. The van der Waals surface area contributed by atoms with E-state index in [4.69, 9.17) is 40.5 Å². The third-order valence-corrected chi connectivity index (χ3v) is 6.18. The lowest BCUT2D eigenvalue weighted by Gasteiger charge is -2.43. The van der Waals surface area contributed by atoms with Crippen molar-refractivity contribution < 1.29 is 9.18 Å². The fraction of sp³-hybridized carbons (Fsp3) is 0.174. The third kappa shape index (κ3) is 4.59. The zero-order valence-electron chi connectivity index (χ0n) is 16.4. The molecule has 160 valence electrons. The van der Waals surface area contributed by atoms with Crippen molar-refractivity contribution >= 4 is 52.1 Å². The van der Waals surface area contributed by atoms with Crippen LogP contribution in [0.15, 0.2) is 60.7 Å². The molecule has 4 rings (SSSR count). The van der Waals surface area contributed by atoms with Crippen molar-refractivity contribution in [3.63, 3.8) is 0 Å². The van der Waals surface area contributed by atoms with Crippen LogP contribution in [0.2, 0.25) is 15.1 Å². The zero-order valence-corrected chi connectivity index (χ0v) is 18.6. The predicted molar refractivity (Wildman–Crippen MR) is 125 cm³/mol. The Morgan fingerprint density at radius 1 is 0.935 bits per heavy atom. The molecule has 3 aromatic carbocycles. The van der Waals surface area contributed by atoms with Gasteiger partial charge in [0.05, 0.1) is 22.3 Å². The van der Waals surface area contributed by atoms with Crippen LogP contribution in [-0.2, 0) is 0 Å². The first kappa shape index (κ1) is 21.8. The van der Waals surface area contributed by atoms with Gasteiger partial charge in [-0.15, -0.1) is 0 Å². The topological polar surface area (TPSA) is 49.6 Å². The molecule has 1 aliphatic rings. The number of nitrogens with zero attached hydrogens (tertiary/aromatic N) is 2. The van der Waals surface area contributed by atoms with Crippen molar-refractivity contribution in [2.24, 2.45) is 0 Å². The largest absolute Gasteiger partial charge is 0.398 e. The van der Waals surface area contributed by atoms with Crippen molar-refractivity contribution in [3.05, 3.63) is 92.7 Å². The summed E-state index contributed by atoms with van der Waals surface area (Å²) in [6.45, 7) is 1.40. The summed E-state index contributed by atoms with van der Waals surface area (Å²) < 4.78 is 13.4. The lowest BCUT2D eigenvalue weighted by atomic mass is 10.00. The molecule has 1 aliphatic heterocycles. The van der Waals surface area contributed by atoms with Gasteiger partial charge in [0, 0.05) is 35.4 Å². The molecule has 0 aliphatic carbocycles. The zero-order chi connectivity index (χ0) is 22.1. The van der Waals surface area contributed by atoms with Crippen LogP contribution in [0.25, 0.3) is 0 Å². The fourth-order valence-electron chi connectivity index (χ4n) is 3.84. The van der Waals surface area contributed by atoms with Gasteiger partial charge in [-0.05, 0) is 54.1 Å². The molecule has 3 aromatic rings. The Hall–Kier alpha value is -2.47. The minimum atomic E-state index is -0.477. The van der Waals surface area contributed by atoms with Crippen molar-refractivity contribution in [2.75, 3.05) is 30.3 Å². The van der Waals surface area contributed by atoms with Gasteiger partial charge in [0.15, 0.2) is 0 Å². The first-order valence-corrected chi connectivity index (χ1v) is 10.8. The number of rotatable bonds is 3. The van der Waals surface area contributed by atoms with Crippen LogP contribution < -0.4 is 10.6 Å². The number of hydrogen-bond donors (Lipinski definition) is 1. The van der Waals surface area contributed by atoms with Crippen molar-refractivity contribution in [1.82, 2.24) is 4.90 Å². The molecule has 4 nitrogen and oxygen atoms in total. The molecule has 0 saturated carbocycles. The quantitative estimate of drug-likeness (QED) is 0.465. The van der Waals surface area contributed by atoms with Crippen molar-refractivity contribution in [3.8, 4) is 0 Å². The fourth-order valence-corrected chi connectivity index (χ4v) is 4.48. The van der Waals surface area contributed by atoms with Crippen LogP contribution in [0.3, 0.4) is 0 Å².